The van der Waals surface area contributed by atoms with Gasteiger partial charge in [-0.25, -0.2) is 0 Å². The Morgan fingerprint density at radius 1 is 1.82 bits per heavy atom. The van der Waals surface area contributed by atoms with E-state index < -0.39 is 0 Å². The summed E-state index contributed by atoms with van der Waals surface area (Å²) in [6.07, 6.45) is 2.31. The predicted octanol–water partition coefficient (Wildman–Crippen LogP) is 2.03. The highest BCUT2D eigenvalue weighted by molar-refractivity contribution is 7.99. The van der Waals surface area contributed by atoms with Crippen LogP contribution in [0.15, 0.2) is 12.2 Å². The molecule has 1 aliphatic heterocycles. The van der Waals surface area contributed by atoms with Crippen LogP contribution in [0.4, 0.5) is 0 Å². The van der Waals surface area contributed by atoms with Gasteiger partial charge in [-0.2, -0.15) is 11.8 Å². The Bertz CT molecular complexity index is 138. The molecular formula is C9H17NS. The summed E-state index contributed by atoms with van der Waals surface area (Å²) in [5.74, 6) is 3.31. The fraction of sp³-hybridized carbons (Fsp3) is 0.778. The van der Waals surface area contributed by atoms with Crippen molar-refractivity contribution >= 4 is 11.8 Å². The summed E-state index contributed by atoms with van der Waals surface area (Å²) in [6.45, 7) is 5.94. The van der Waals surface area contributed by atoms with Crippen LogP contribution in [0.1, 0.15) is 19.8 Å². The minimum atomic E-state index is 0.363. The van der Waals surface area contributed by atoms with Crippen molar-refractivity contribution in [3.05, 3.63) is 12.2 Å². The average Bonchev–Trinajstić information content (AvgIpc) is 2.35. The van der Waals surface area contributed by atoms with Gasteiger partial charge in [0, 0.05) is 6.04 Å². The highest BCUT2D eigenvalue weighted by Gasteiger charge is 2.21. The molecule has 2 unspecified atom stereocenters. The zero-order valence-corrected chi connectivity index (χ0v) is 7.99. The van der Waals surface area contributed by atoms with Gasteiger partial charge in [-0.1, -0.05) is 5.57 Å². The first-order valence-electron chi connectivity index (χ1n) is 4.18. The van der Waals surface area contributed by atoms with Gasteiger partial charge in [-0.05, 0) is 37.2 Å². The minimum absolute atomic E-state index is 0.363. The van der Waals surface area contributed by atoms with Gasteiger partial charge in [0.2, 0.25) is 0 Å². The summed E-state index contributed by atoms with van der Waals surface area (Å²) in [6, 6.07) is 0.363. The lowest BCUT2D eigenvalue weighted by atomic mass is 9.95. The van der Waals surface area contributed by atoms with Crippen LogP contribution in [0, 0.1) is 5.92 Å². The molecule has 0 aromatic rings. The quantitative estimate of drug-likeness (QED) is 0.658. The van der Waals surface area contributed by atoms with Gasteiger partial charge in [0.05, 0.1) is 0 Å². The number of thioether (sulfide) groups is 1. The molecule has 0 amide bonds. The molecular weight excluding hydrogens is 154 g/mol. The highest BCUT2D eigenvalue weighted by atomic mass is 32.2. The summed E-state index contributed by atoms with van der Waals surface area (Å²) in [4.78, 5) is 0. The maximum absolute atomic E-state index is 6.01. The molecule has 0 saturated carbocycles. The average molecular weight is 171 g/mol. The Hall–Kier alpha value is 0.0500. The van der Waals surface area contributed by atoms with Crippen molar-refractivity contribution < 1.29 is 0 Å². The lowest BCUT2D eigenvalue weighted by molar-refractivity contribution is 0.462. The third-order valence-electron chi connectivity index (χ3n) is 2.15. The van der Waals surface area contributed by atoms with E-state index in [1.165, 1.54) is 23.5 Å². The third kappa shape index (κ3) is 2.88. The van der Waals surface area contributed by atoms with Crippen molar-refractivity contribution in [3.8, 4) is 0 Å². The normalized spacial score (nSPS) is 26.9. The van der Waals surface area contributed by atoms with E-state index in [0.717, 1.165) is 12.3 Å². The van der Waals surface area contributed by atoms with Crippen molar-refractivity contribution in [1.82, 2.24) is 0 Å². The third-order valence-corrected chi connectivity index (χ3v) is 3.34. The standard InChI is InChI=1S/C9H17NS/c1-7(2)5-9(10)8-3-4-11-6-8/h8-9H,1,3-6,10H2,2H3. The first-order valence-corrected chi connectivity index (χ1v) is 5.33. The first kappa shape index (κ1) is 9.14. The van der Waals surface area contributed by atoms with E-state index in [2.05, 4.69) is 13.5 Å². The summed E-state index contributed by atoms with van der Waals surface area (Å²) in [5.41, 5.74) is 7.22. The van der Waals surface area contributed by atoms with Crippen LogP contribution < -0.4 is 5.73 Å². The molecule has 0 spiro atoms. The second-order valence-electron chi connectivity index (χ2n) is 3.45. The van der Waals surface area contributed by atoms with Crippen LogP contribution in [0.2, 0.25) is 0 Å². The van der Waals surface area contributed by atoms with E-state index in [1.54, 1.807) is 0 Å². The van der Waals surface area contributed by atoms with Crippen LogP contribution in [0.5, 0.6) is 0 Å². The SMILES string of the molecule is C=C(C)CC(N)C1CCSC1. The number of rotatable bonds is 3. The highest BCUT2D eigenvalue weighted by Crippen LogP contribution is 2.27. The van der Waals surface area contributed by atoms with Gasteiger partial charge in [0.15, 0.2) is 0 Å². The molecule has 64 valence electrons. The van der Waals surface area contributed by atoms with E-state index in [-0.39, 0.29) is 0 Å². The van der Waals surface area contributed by atoms with Crippen molar-refractivity contribution in [3.63, 3.8) is 0 Å². The van der Waals surface area contributed by atoms with E-state index in [1.807, 2.05) is 11.8 Å². The second kappa shape index (κ2) is 4.17. The second-order valence-corrected chi connectivity index (χ2v) is 4.60. The van der Waals surface area contributed by atoms with Gasteiger partial charge in [-0.15, -0.1) is 6.58 Å². The van der Waals surface area contributed by atoms with Gasteiger partial charge < -0.3 is 5.73 Å². The van der Waals surface area contributed by atoms with Crippen LogP contribution in [0.25, 0.3) is 0 Å². The monoisotopic (exact) mass is 171 g/mol. The molecule has 1 aliphatic rings. The Morgan fingerprint density at radius 3 is 3.00 bits per heavy atom. The smallest absolute Gasteiger partial charge is 0.0112 e. The van der Waals surface area contributed by atoms with E-state index in [4.69, 9.17) is 5.73 Å². The number of hydrogen-bond donors (Lipinski definition) is 1. The molecule has 1 nitrogen and oxygen atoms in total. The zero-order valence-electron chi connectivity index (χ0n) is 7.18. The Labute approximate surface area is 73.4 Å². The van der Waals surface area contributed by atoms with E-state index >= 15 is 0 Å². The molecule has 1 heterocycles. The fourth-order valence-corrected chi connectivity index (χ4v) is 2.81. The summed E-state index contributed by atoms with van der Waals surface area (Å²) in [7, 11) is 0. The molecule has 1 saturated heterocycles. The van der Waals surface area contributed by atoms with Gasteiger partial charge in [0.1, 0.15) is 0 Å². The number of hydrogen-bond acceptors (Lipinski definition) is 2. The molecule has 0 aromatic heterocycles. The molecule has 0 aromatic carbocycles. The van der Waals surface area contributed by atoms with E-state index in [0.29, 0.717) is 6.04 Å². The molecule has 1 fully saturated rings. The Morgan fingerprint density at radius 2 is 2.55 bits per heavy atom. The Kier molecular flexibility index (Phi) is 3.46. The minimum Gasteiger partial charge on any atom is -0.327 e. The summed E-state index contributed by atoms with van der Waals surface area (Å²) < 4.78 is 0. The lowest BCUT2D eigenvalue weighted by Gasteiger charge is -2.17. The van der Waals surface area contributed by atoms with Crippen molar-refractivity contribution in [2.24, 2.45) is 11.7 Å². The summed E-state index contributed by atoms with van der Waals surface area (Å²) in [5, 5.41) is 0. The molecule has 1 rings (SSSR count). The molecule has 2 N–H and O–H groups in total. The zero-order chi connectivity index (χ0) is 8.27. The van der Waals surface area contributed by atoms with Crippen molar-refractivity contribution in [1.29, 1.82) is 0 Å². The molecule has 11 heavy (non-hydrogen) atoms. The first-order chi connectivity index (χ1) is 5.20. The van der Waals surface area contributed by atoms with Crippen LogP contribution in [-0.2, 0) is 0 Å². The topological polar surface area (TPSA) is 26.0 Å². The van der Waals surface area contributed by atoms with Crippen LogP contribution in [-0.4, -0.2) is 17.5 Å². The fourth-order valence-electron chi connectivity index (χ4n) is 1.46. The van der Waals surface area contributed by atoms with Gasteiger partial charge in [0.25, 0.3) is 0 Å². The maximum Gasteiger partial charge on any atom is 0.0112 e. The van der Waals surface area contributed by atoms with Crippen LogP contribution >= 0.6 is 11.8 Å². The van der Waals surface area contributed by atoms with Gasteiger partial charge >= 0.3 is 0 Å². The molecule has 0 radical (unpaired) electrons. The molecule has 0 bridgehead atoms. The maximum atomic E-state index is 6.01. The molecule has 2 atom stereocenters. The molecule has 0 aliphatic carbocycles. The number of nitrogens with two attached hydrogens (primary N) is 1. The van der Waals surface area contributed by atoms with Crippen LogP contribution in [0.3, 0.4) is 0 Å². The van der Waals surface area contributed by atoms with E-state index in [9.17, 15) is 0 Å². The molecule has 2 heteroatoms. The van der Waals surface area contributed by atoms with Crippen molar-refractivity contribution in [2.45, 2.75) is 25.8 Å². The van der Waals surface area contributed by atoms with Gasteiger partial charge in [-0.3, -0.25) is 0 Å². The van der Waals surface area contributed by atoms with Crippen molar-refractivity contribution in [2.75, 3.05) is 11.5 Å². The summed E-state index contributed by atoms with van der Waals surface area (Å²) >= 11 is 2.03. The lowest BCUT2D eigenvalue weighted by Crippen LogP contribution is -2.30. The Balaban J connectivity index is 2.28. The largest absolute Gasteiger partial charge is 0.327 e. The predicted molar refractivity (Wildman–Crippen MR) is 52.8 cm³/mol.